The van der Waals surface area contributed by atoms with Crippen molar-refractivity contribution in [3.05, 3.63) is 24.4 Å². The molecule has 0 amide bonds. The molecule has 1 aliphatic carbocycles. The zero-order valence-electron chi connectivity index (χ0n) is 12.4. The predicted octanol–water partition coefficient (Wildman–Crippen LogP) is 1.70. The summed E-state index contributed by atoms with van der Waals surface area (Å²) in [6.45, 7) is 4.77. The van der Waals surface area contributed by atoms with E-state index >= 15 is 0 Å². The van der Waals surface area contributed by atoms with Crippen LogP contribution in [0.15, 0.2) is 29.4 Å². The standard InChI is InChI=1S/C14H20N4O2S/c1-14(2)8-10(14)9-16-21(19,20)13-12(15-3)17-11-6-4-5-7-18(11)13/h4-7,10,15-16H,8-9H2,1-3H3. The van der Waals surface area contributed by atoms with E-state index in [1.54, 1.807) is 29.8 Å². The Hall–Kier alpha value is -1.60. The summed E-state index contributed by atoms with van der Waals surface area (Å²) in [4.78, 5) is 4.30. The molecule has 0 saturated heterocycles. The van der Waals surface area contributed by atoms with E-state index in [1.807, 2.05) is 6.07 Å². The maximum atomic E-state index is 12.6. The molecule has 3 rings (SSSR count). The molecular formula is C14H20N4O2S. The van der Waals surface area contributed by atoms with Crippen LogP contribution in [0.4, 0.5) is 5.82 Å². The lowest BCUT2D eigenvalue weighted by Crippen LogP contribution is -2.28. The van der Waals surface area contributed by atoms with Crippen molar-refractivity contribution < 1.29 is 8.42 Å². The van der Waals surface area contributed by atoms with Crippen molar-refractivity contribution in [2.75, 3.05) is 18.9 Å². The van der Waals surface area contributed by atoms with Gasteiger partial charge in [-0.3, -0.25) is 4.40 Å². The van der Waals surface area contributed by atoms with E-state index in [4.69, 9.17) is 0 Å². The number of nitrogens with zero attached hydrogens (tertiary/aromatic N) is 2. The quantitative estimate of drug-likeness (QED) is 0.881. The average Bonchev–Trinajstić information content (AvgIpc) is 2.88. The van der Waals surface area contributed by atoms with Crippen LogP contribution in [-0.4, -0.2) is 31.4 Å². The van der Waals surface area contributed by atoms with E-state index in [1.165, 1.54) is 0 Å². The van der Waals surface area contributed by atoms with Crippen LogP contribution in [0.25, 0.3) is 5.65 Å². The summed E-state index contributed by atoms with van der Waals surface area (Å²) in [7, 11) is -1.93. The van der Waals surface area contributed by atoms with Crippen LogP contribution < -0.4 is 10.0 Å². The highest BCUT2D eigenvalue weighted by Gasteiger charge is 2.45. The van der Waals surface area contributed by atoms with E-state index in [2.05, 4.69) is 28.9 Å². The Morgan fingerprint density at radius 3 is 2.76 bits per heavy atom. The predicted molar refractivity (Wildman–Crippen MR) is 81.8 cm³/mol. The lowest BCUT2D eigenvalue weighted by atomic mass is 10.1. The number of fused-ring (bicyclic) bond motifs is 1. The third kappa shape index (κ3) is 2.51. The van der Waals surface area contributed by atoms with Gasteiger partial charge >= 0.3 is 0 Å². The van der Waals surface area contributed by atoms with Gasteiger partial charge in [0, 0.05) is 19.8 Å². The molecule has 6 nitrogen and oxygen atoms in total. The van der Waals surface area contributed by atoms with Crippen LogP contribution in [-0.2, 0) is 10.0 Å². The van der Waals surface area contributed by atoms with Crippen molar-refractivity contribution in [1.29, 1.82) is 0 Å². The van der Waals surface area contributed by atoms with E-state index in [9.17, 15) is 8.42 Å². The van der Waals surface area contributed by atoms with Crippen LogP contribution in [0.1, 0.15) is 20.3 Å². The second-order valence-corrected chi connectivity index (χ2v) is 7.87. The zero-order chi connectivity index (χ0) is 15.3. The molecule has 2 aromatic heterocycles. The molecule has 0 aromatic carbocycles. The largest absolute Gasteiger partial charge is 0.371 e. The molecule has 0 bridgehead atoms. The van der Waals surface area contributed by atoms with Crippen LogP contribution in [0.5, 0.6) is 0 Å². The van der Waals surface area contributed by atoms with Crippen LogP contribution >= 0.6 is 0 Å². The fraction of sp³-hybridized carbons (Fsp3) is 0.500. The number of rotatable bonds is 5. The molecule has 0 spiro atoms. The Bertz CT molecular complexity index is 779. The first kappa shape index (κ1) is 14.3. The molecule has 1 saturated carbocycles. The monoisotopic (exact) mass is 308 g/mol. The molecule has 1 aliphatic rings. The third-order valence-electron chi connectivity index (χ3n) is 4.21. The maximum absolute atomic E-state index is 12.6. The molecule has 0 aliphatic heterocycles. The summed E-state index contributed by atoms with van der Waals surface area (Å²) in [5.41, 5.74) is 0.849. The second kappa shape index (κ2) is 4.71. The Morgan fingerprint density at radius 2 is 2.14 bits per heavy atom. The summed E-state index contributed by atoms with van der Waals surface area (Å²) in [5, 5.41) is 3.03. The van der Waals surface area contributed by atoms with Gasteiger partial charge in [0.15, 0.2) is 10.8 Å². The van der Waals surface area contributed by atoms with Crippen molar-refractivity contribution in [3.63, 3.8) is 0 Å². The Morgan fingerprint density at radius 1 is 1.43 bits per heavy atom. The molecule has 0 radical (unpaired) electrons. The topological polar surface area (TPSA) is 75.5 Å². The van der Waals surface area contributed by atoms with Crippen LogP contribution in [0, 0.1) is 11.3 Å². The van der Waals surface area contributed by atoms with Crippen molar-refractivity contribution >= 4 is 21.5 Å². The van der Waals surface area contributed by atoms with E-state index < -0.39 is 10.0 Å². The molecule has 114 valence electrons. The van der Waals surface area contributed by atoms with Gasteiger partial charge in [-0.25, -0.2) is 18.1 Å². The lowest BCUT2D eigenvalue weighted by molar-refractivity contribution is 0.536. The van der Waals surface area contributed by atoms with Gasteiger partial charge in [-0.1, -0.05) is 19.9 Å². The molecule has 1 fully saturated rings. The number of hydrogen-bond donors (Lipinski definition) is 2. The summed E-state index contributed by atoms with van der Waals surface area (Å²) < 4.78 is 29.5. The zero-order valence-corrected chi connectivity index (χ0v) is 13.2. The minimum atomic E-state index is -3.60. The van der Waals surface area contributed by atoms with E-state index in [0.29, 0.717) is 23.9 Å². The normalized spacial score (nSPS) is 20.6. The van der Waals surface area contributed by atoms with Gasteiger partial charge in [-0.05, 0) is 29.9 Å². The fourth-order valence-electron chi connectivity index (χ4n) is 2.60. The summed E-state index contributed by atoms with van der Waals surface area (Å²) in [6, 6.07) is 5.40. The van der Waals surface area contributed by atoms with Gasteiger partial charge in [0.1, 0.15) is 5.65 Å². The first-order valence-electron chi connectivity index (χ1n) is 7.00. The third-order valence-corrected chi connectivity index (χ3v) is 5.66. The minimum Gasteiger partial charge on any atom is -0.371 e. The first-order valence-corrected chi connectivity index (χ1v) is 8.48. The smallest absolute Gasteiger partial charge is 0.260 e. The van der Waals surface area contributed by atoms with Gasteiger partial charge in [0.2, 0.25) is 0 Å². The highest BCUT2D eigenvalue weighted by atomic mass is 32.2. The number of anilines is 1. The molecule has 7 heteroatoms. The summed E-state index contributed by atoms with van der Waals surface area (Å²) in [5.74, 6) is 0.772. The molecule has 21 heavy (non-hydrogen) atoms. The van der Waals surface area contributed by atoms with Crippen molar-refractivity contribution in [2.24, 2.45) is 11.3 Å². The second-order valence-electron chi connectivity index (χ2n) is 6.19. The number of hydrogen-bond acceptors (Lipinski definition) is 4. The van der Waals surface area contributed by atoms with Crippen LogP contribution in [0.3, 0.4) is 0 Å². The van der Waals surface area contributed by atoms with Crippen LogP contribution in [0.2, 0.25) is 0 Å². The van der Waals surface area contributed by atoms with E-state index in [0.717, 1.165) is 6.42 Å². The van der Waals surface area contributed by atoms with Crippen molar-refractivity contribution in [1.82, 2.24) is 14.1 Å². The number of nitrogens with one attached hydrogen (secondary N) is 2. The van der Waals surface area contributed by atoms with Crippen molar-refractivity contribution in [3.8, 4) is 0 Å². The Balaban J connectivity index is 1.94. The highest BCUT2D eigenvalue weighted by molar-refractivity contribution is 7.89. The maximum Gasteiger partial charge on any atom is 0.260 e. The average molecular weight is 308 g/mol. The first-order chi connectivity index (χ1) is 9.85. The van der Waals surface area contributed by atoms with Gasteiger partial charge < -0.3 is 5.32 Å². The minimum absolute atomic E-state index is 0.166. The Labute approximate surface area is 124 Å². The summed E-state index contributed by atoms with van der Waals surface area (Å²) >= 11 is 0. The van der Waals surface area contributed by atoms with Gasteiger partial charge in [0.05, 0.1) is 0 Å². The number of sulfonamides is 1. The molecule has 2 N–H and O–H groups in total. The van der Waals surface area contributed by atoms with Gasteiger partial charge in [0.25, 0.3) is 10.0 Å². The number of imidazole rings is 1. The summed E-state index contributed by atoms with van der Waals surface area (Å²) in [6.07, 6.45) is 2.76. The van der Waals surface area contributed by atoms with Crippen molar-refractivity contribution in [2.45, 2.75) is 25.3 Å². The molecular weight excluding hydrogens is 288 g/mol. The molecule has 1 unspecified atom stereocenters. The molecule has 2 heterocycles. The van der Waals surface area contributed by atoms with Gasteiger partial charge in [-0.15, -0.1) is 0 Å². The lowest BCUT2D eigenvalue weighted by Gasteiger charge is -2.09. The van der Waals surface area contributed by atoms with E-state index in [-0.39, 0.29) is 10.4 Å². The Kier molecular flexibility index (Phi) is 3.22. The fourth-order valence-corrected chi connectivity index (χ4v) is 3.97. The SMILES string of the molecule is CNc1nc2ccccn2c1S(=O)(=O)NCC1CC1(C)C. The van der Waals surface area contributed by atoms with Gasteiger partial charge in [-0.2, -0.15) is 0 Å². The highest BCUT2D eigenvalue weighted by Crippen LogP contribution is 2.51. The number of pyridine rings is 1. The molecule has 2 aromatic rings. The number of aromatic nitrogens is 2. The molecule has 1 atom stereocenters.